The molecule has 9 heteroatoms. The Morgan fingerprint density at radius 3 is 2.74 bits per heavy atom. The Labute approximate surface area is 154 Å². The van der Waals surface area contributed by atoms with Crippen molar-refractivity contribution in [3.63, 3.8) is 0 Å². The third kappa shape index (κ3) is 4.30. The maximum absolute atomic E-state index is 13.0. The first kappa shape index (κ1) is 18.6. The van der Waals surface area contributed by atoms with E-state index in [0.29, 0.717) is 24.9 Å². The van der Waals surface area contributed by atoms with Gasteiger partial charge in [0.1, 0.15) is 5.82 Å². The van der Waals surface area contributed by atoms with Crippen molar-refractivity contribution in [2.24, 2.45) is 5.92 Å². The number of rotatable bonds is 5. The molecule has 0 aliphatic carbocycles. The predicted molar refractivity (Wildman–Crippen MR) is 90.3 cm³/mol. The van der Waals surface area contributed by atoms with Crippen LogP contribution in [0.3, 0.4) is 0 Å². The minimum Gasteiger partial charge on any atom is -0.476 e. The number of carboxylic acid groups (broad SMARTS) is 1. The van der Waals surface area contributed by atoms with Crippen LogP contribution in [0.15, 0.2) is 35.1 Å². The second-order valence-corrected chi connectivity index (χ2v) is 6.24. The van der Waals surface area contributed by atoms with Gasteiger partial charge in [0.15, 0.2) is 17.8 Å². The quantitative estimate of drug-likeness (QED) is 0.822. The highest BCUT2D eigenvalue weighted by Crippen LogP contribution is 2.19. The smallest absolute Gasteiger partial charge is 0.358 e. The van der Waals surface area contributed by atoms with E-state index in [1.165, 1.54) is 24.3 Å². The summed E-state index contributed by atoms with van der Waals surface area (Å²) in [6.45, 7) is 0.665. The first-order valence-corrected chi connectivity index (χ1v) is 8.44. The number of nitrogens with one attached hydrogen (secondary N) is 1. The van der Waals surface area contributed by atoms with Crippen molar-refractivity contribution >= 4 is 17.8 Å². The zero-order valence-electron chi connectivity index (χ0n) is 14.4. The summed E-state index contributed by atoms with van der Waals surface area (Å²) in [4.78, 5) is 41.1. The second kappa shape index (κ2) is 7.98. The van der Waals surface area contributed by atoms with Gasteiger partial charge in [-0.05, 0) is 37.1 Å². The lowest BCUT2D eigenvalue weighted by Crippen LogP contribution is -2.45. The Hall–Kier alpha value is -3.23. The second-order valence-electron chi connectivity index (χ2n) is 6.24. The molecule has 0 saturated carbocycles. The maximum atomic E-state index is 13.0. The average molecular weight is 375 g/mol. The summed E-state index contributed by atoms with van der Waals surface area (Å²) in [6.07, 6.45) is 2.28. The Kier molecular flexibility index (Phi) is 5.49. The lowest BCUT2D eigenvalue weighted by molar-refractivity contribution is -0.126. The number of carbonyl (C=O) groups is 3. The van der Waals surface area contributed by atoms with Crippen LogP contribution in [0.2, 0.25) is 0 Å². The standard InChI is InChI=1S/C18H18FN3O5/c19-13-5-3-11(4-6-13)17(24)22-7-1-2-12(9-22)16(23)20-8-14-15(18(25)26)21-10-27-14/h3-6,10,12H,1-2,7-9H2,(H,20,23)(H,25,26). The lowest BCUT2D eigenvalue weighted by atomic mass is 9.96. The fourth-order valence-electron chi connectivity index (χ4n) is 3.03. The van der Waals surface area contributed by atoms with Gasteiger partial charge in [0.25, 0.3) is 5.91 Å². The molecule has 1 aliphatic rings. The highest BCUT2D eigenvalue weighted by atomic mass is 19.1. The van der Waals surface area contributed by atoms with Crippen molar-refractivity contribution in [2.75, 3.05) is 13.1 Å². The minimum absolute atomic E-state index is 0.0610. The van der Waals surface area contributed by atoms with Gasteiger partial charge in [0, 0.05) is 18.7 Å². The summed E-state index contributed by atoms with van der Waals surface area (Å²) in [5.74, 6) is -2.56. The third-order valence-electron chi connectivity index (χ3n) is 4.44. The van der Waals surface area contributed by atoms with Crippen LogP contribution in [-0.2, 0) is 11.3 Å². The number of hydrogen-bond acceptors (Lipinski definition) is 5. The Bertz CT molecular complexity index is 849. The van der Waals surface area contributed by atoms with Crippen molar-refractivity contribution in [3.05, 3.63) is 53.5 Å². The van der Waals surface area contributed by atoms with Crippen molar-refractivity contribution in [3.8, 4) is 0 Å². The van der Waals surface area contributed by atoms with Gasteiger partial charge in [-0.2, -0.15) is 0 Å². The molecular weight excluding hydrogens is 357 g/mol. The molecule has 0 radical (unpaired) electrons. The van der Waals surface area contributed by atoms with E-state index < -0.39 is 17.7 Å². The number of halogens is 1. The molecule has 1 aliphatic heterocycles. The summed E-state index contributed by atoms with van der Waals surface area (Å²) in [6, 6.07) is 5.27. The number of carbonyl (C=O) groups excluding carboxylic acids is 2. The van der Waals surface area contributed by atoms with Crippen molar-refractivity contribution in [2.45, 2.75) is 19.4 Å². The molecule has 0 spiro atoms. The summed E-state index contributed by atoms with van der Waals surface area (Å²) >= 11 is 0. The number of aromatic carboxylic acids is 1. The molecule has 8 nitrogen and oxygen atoms in total. The molecule has 1 atom stereocenters. The van der Waals surface area contributed by atoms with E-state index in [2.05, 4.69) is 10.3 Å². The molecule has 27 heavy (non-hydrogen) atoms. The molecule has 1 unspecified atom stereocenters. The van der Waals surface area contributed by atoms with Gasteiger partial charge in [-0.15, -0.1) is 0 Å². The SMILES string of the molecule is O=C(O)c1ncoc1CNC(=O)C1CCCN(C(=O)c2ccc(F)cc2)C1. The van der Waals surface area contributed by atoms with Crippen LogP contribution in [0.25, 0.3) is 0 Å². The van der Waals surface area contributed by atoms with Crippen LogP contribution in [-0.4, -0.2) is 45.9 Å². The molecule has 142 valence electrons. The Morgan fingerprint density at radius 1 is 1.30 bits per heavy atom. The molecule has 1 fully saturated rings. The zero-order chi connectivity index (χ0) is 19.4. The third-order valence-corrected chi connectivity index (χ3v) is 4.44. The number of piperidine rings is 1. The molecular formula is C18H18FN3O5. The predicted octanol–water partition coefficient (Wildman–Crippen LogP) is 1.68. The largest absolute Gasteiger partial charge is 0.476 e. The highest BCUT2D eigenvalue weighted by molar-refractivity contribution is 5.94. The van der Waals surface area contributed by atoms with Crippen molar-refractivity contribution in [1.82, 2.24) is 15.2 Å². The normalized spacial score (nSPS) is 16.8. The number of benzene rings is 1. The highest BCUT2D eigenvalue weighted by Gasteiger charge is 2.29. The van der Waals surface area contributed by atoms with Crippen LogP contribution in [0.4, 0.5) is 4.39 Å². The number of oxazole rings is 1. The molecule has 1 aromatic carbocycles. The number of amides is 2. The summed E-state index contributed by atoms with van der Waals surface area (Å²) in [5.41, 5.74) is 0.122. The van der Waals surface area contributed by atoms with Crippen LogP contribution >= 0.6 is 0 Å². The fourth-order valence-corrected chi connectivity index (χ4v) is 3.03. The van der Waals surface area contributed by atoms with Crippen LogP contribution < -0.4 is 5.32 Å². The van der Waals surface area contributed by atoms with E-state index in [1.54, 1.807) is 4.90 Å². The first-order valence-electron chi connectivity index (χ1n) is 8.44. The van der Waals surface area contributed by atoms with E-state index in [9.17, 15) is 18.8 Å². The van der Waals surface area contributed by atoms with E-state index >= 15 is 0 Å². The molecule has 1 aromatic heterocycles. The molecule has 2 aromatic rings. The van der Waals surface area contributed by atoms with Crippen LogP contribution in [0.1, 0.15) is 39.4 Å². The van der Waals surface area contributed by atoms with E-state index in [4.69, 9.17) is 9.52 Å². The molecule has 3 rings (SSSR count). The summed E-state index contributed by atoms with van der Waals surface area (Å²) in [5, 5.41) is 11.6. The molecule has 0 bridgehead atoms. The fraction of sp³-hybridized carbons (Fsp3) is 0.333. The van der Waals surface area contributed by atoms with Gasteiger partial charge in [-0.25, -0.2) is 14.2 Å². The van der Waals surface area contributed by atoms with Gasteiger partial charge in [-0.1, -0.05) is 0 Å². The van der Waals surface area contributed by atoms with Gasteiger partial charge in [-0.3, -0.25) is 9.59 Å². The maximum Gasteiger partial charge on any atom is 0.358 e. The molecule has 2 N–H and O–H groups in total. The monoisotopic (exact) mass is 375 g/mol. The summed E-state index contributed by atoms with van der Waals surface area (Å²) in [7, 11) is 0. The number of hydrogen-bond donors (Lipinski definition) is 2. The molecule has 1 saturated heterocycles. The molecule has 2 amide bonds. The average Bonchev–Trinajstić information content (AvgIpc) is 3.15. The number of aromatic nitrogens is 1. The van der Waals surface area contributed by atoms with E-state index in [1.807, 2.05) is 0 Å². The number of likely N-dealkylation sites (tertiary alicyclic amines) is 1. The van der Waals surface area contributed by atoms with Gasteiger partial charge >= 0.3 is 5.97 Å². The van der Waals surface area contributed by atoms with E-state index in [-0.39, 0.29) is 36.4 Å². The van der Waals surface area contributed by atoms with Crippen LogP contribution in [0, 0.1) is 11.7 Å². The van der Waals surface area contributed by atoms with E-state index in [0.717, 1.165) is 6.39 Å². The summed E-state index contributed by atoms with van der Waals surface area (Å²) < 4.78 is 18.0. The molecule has 2 heterocycles. The van der Waals surface area contributed by atoms with Gasteiger partial charge < -0.3 is 19.7 Å². The van der Waals surface area contributed by atoms with Gasteiger partial charge in [0.2, 0.25) is 5.91 Å². The lowest BCUT2D eigenvalue weighted by Gasteiger charge is -2.32. The van der Waals surface area contributed by atoms with Crippen molar-refractivity contribution in [1.29, 1.82) is 0 Å². The Balaban J connectivity index is 1.59. The first-order chi connectivity index (χ1) is 13.0. The topological polar surface area (TPSA) is 113 Å². The number of nitrogens with zero attached hydrogens (tertiary/aromatic N) is 2. The van der Waals surface area contributed by atoms with Crippen LogP contribution in [0.5, 0.6) is 0 Å². The van der Waals surface area contributed by atoms with Gasteiger partial charge in [0.05, 0.1) is 12.5 Å². The minimum atomic E-state index is -1.23. The Morgan fingerprint density at radius 2 is 2.04 bits per heavy atom. The number of carboxylic acids is 1. The zero-order valence-corrected chi connectivity index (χ0v) is 14.4. The van der Waals surface area contributed by atoms with Crippen molar-refractivity contribution < 1.29 is 28.3 Å².